The van der Waals surface area contributed by atoms with Gasteiger partial charge in [-0.3, -0.25) is 0 Å². The van der Waals surface area contributed by atoms with Gasteiger partial charge in [0.05, 0.1) is 27.9 Å². The third kappa shape index (κ3) is 5.63. The van der Waals surface area contributed by atoms with Crippen LogP contribution in [-0.4, -0.2) is 45.4 Å². The maximum absolute atomic E-state index is 5.43. The molecule has 166 valence electrons. The number of para-hydroxylation sites is 1. The van der Waals surface area contributed by atoms with Crippen molar-refractivity contribution in [3.05, 3.63) is 53.7 Å². The molecule has 7 heteroatoms. The molecule has 3 N–H and O–H groups in total. The Hall–Kier alpha value is -3.35. The largest absolute Gasteiger partial charge is 0.493 e. The first kappa shape index (κ1) is 22.3. The van der Waals surface area contributed by atoms with Crippen LogP contribution in [0.1, 0.15) is 24.5 Å². The Morgan fingerprint density at radius 1 is 1.00 bits per heavy atom. The monoisotopic (exact) mass is 424 g/mol. The summed E-state index contributed by atoms with van der Waals surface area (Å²) in [5.74, 6) is 2.63. The SMILES string of the molecule is CCNC(=NCc1cc(OC)c(OC)c(OC)c1)NCCCc1c[nH]c2ccccc12. The van der Waals surface area contributed by atoms with Crippen LogP contribution in [0.5, 0.6) is 17.2 Å². The molecular weight excluding hydrogens is 392 g/mol. The number of fused-ring (bicyclic) bond motifs is 1. The molecular formula is C24H32N4O3. The van der Waals surface area contributed by atoms with Gasteiger partial charge in [-0.1, -0.05) is 18.2 Å². The second kappa shape index (κ2) is 11.2. The van der Waals surface area contributed by atoms with Gasteiger partial charge in [0.15, 0.2) is 17.5 Å². The van der Waals surface area contributed by atoms with E-state index in [-0.39, 0.29) is 0 Å². The highest BCUT2D eigenvalue weighted by Crippen LogP contribution is 2.38. The highest BCUT2D eigenvalue weighted by Gasteiger charge is 2.13. The Kier molecular flexibility index (Phi) is 8.04. The van der Waals surface area contributed by atoms with Gasteiger partial charge in [-0.15, -0.1) is 0 Å². The predicted octanol–water partition coefficient (Wildman–Crippen LogP) is 3.88. The van der Waals surface area contributed by atoms with Gasteiger partial charge in [0.25, 0.3) is 0 Å². The molecule has 0 amide bonds. The maximum atomic E-state index is 5.43. The first-order valence-electron chi connectivity index (χ1n) is 10.6. The minimum absolute atomic E-state index is 0.495. The fraction of sp³-hybridized carbons (Fsp3) is 0.375. The van der Waals surface area contributed by atoms with Gasteiger partial charge in [0.1, 0.15) is 0 Å². The number of aromatic amines is 1. The van der Waals surface area contributed by atoms with Crippen LogP contribution < -0.4 is 24.8 Å². The number of rotatable bonds is 10. The second-order valence-electron chi connectivity index (χ2n) is 7.12. The van der Waals surface area contributed by atoms with Crippen molar-refractivity contribution in [2.75, 3.05) is 34.4 Å². The Morgan fingerprint density at radius 2 is 1.74 bits per heavy atom. The van der Waals surface area contributed by atoms with Gasteiger partial charge < -0.3 is 29.8 Å². The first-order valence-corrected chi connectivity index (χ1v) is 10.6. The van der Waals surface area contributed by atoms with E-state index >= 15 is 0 Å². The molecule has 1 heterocycles. The Labute approximate surface area is 183 Å². The quantitative estimate of drug-likeness (QED) is 0.261. The van der Waals surface area contributed by atoms with Crippen molar-refractivity contribution in [1.82, 2.24) is 15.6 Å². The van der Waals surface area contributed by atoms with Crippen LogP contribution in [0.3, 0.4) is 0 Å². The number of ether oxygens (including phenoxy) is 3. The smallest absolute Gasteiger partial charge is 0.203 e. The van der Waals surface area contributed by atoms with Crippen LogP contribution in [0.2, 0.25) is 0 Å². The van der Waals surface area contributed by atoms with E-state index in [2.05, 4.69) is 53.0 Å². The molecule has 0 spiro atoms. The van der Waals surface area contributed by atoms with Crippen molar-refractivity contribution in [2.45, 2.75) is 26.3 Å². The molecule has 0 aliphatic carbocycles. The lowest BCUT2D eigenvalue weighted by Crippen LogP contribution is -2.37. The van der Waals surface area contributed by atoms with E-state index in [0.29, 0.717) is 23.8 Å². The molecule has 0 bridgehead atoms. The number of benzene rings is 2. The summed E-state index contributed by atoms with van der Waals surface area (Å²) in [5, 5.41) is 8.02. The summed E-state index contributed by atoms with van der Waals surface area (Å²) in [5.41, 5.74) is 3.51. The molecule has 3 rings (SSSR count). The number of nitrogens with one attached hydrogen (secondary N) is 3. The van der Waals surface area contributed by atoms with E-state index in [1.807, 2.05) is 12.1 Å². The number of aliphatic imine (C=N–C) groups is 1. The summed E-state index contributed by atoms with van der Waals surface area (Å²) in [6, 6.07) is 12.2. The maximum Gasteiger partial charge on any atom is 0.203 e. The first-order chi connectivity index (χ1) is 15.2. The lowest BCUT2D eigenvalue weighted by atomic mass is 10.1. The molecule has 0 aliphatic heterocycles. The average molecular weight is 425 g/mol. The van der Waals surface area contributed by atoms with E-state index < -0.39 is 0 Å². The molecule has 1 aromatic heterocycles. The van der Waals surface area contributed by atoms with Crippen LogP contribution >= 0.6 is 0 Å². The van der Waals surface area contributed by atoms with E-state index in [9.17, 15) is 0 Å². The molecule has 31 heavy (non-hydrogen) atoms. The highest BCUT2D eigenvalue weighted by atomic mass is 16.5. The molecule has 7 nitrogen and oxygen atoms in total. The van der Waals surface area contributed by atoms with Crippen LogP contribution in [0, 0.1) is 0 Å². The number of aromatic nitrogens is 1. The van der Waals surface area contributed by atoms with Gasteiger partial charge in [-0.05, 0) is 49.1 Å². The molecule has 3 aromatic rings. The number of hydrogen-bond acceptors (Lipinski definition) is 4. The van der Waals surface area contributed by atoms with E-state index in [0.717, 1.165) is 37.5 Å². The fourth-order valence-electron chi connectivity index (χ4n) is 3.56. The van der Waals surface area contributed by atoms with Crippen LogP contribution in [0.4, 0.5) is 0 Å². The van der Waals surface area contributed by atoms with Gasteiger partial charge in [0, 0.05) is 30.2 Å². The fourth-order valence-corrected chi connectivity index (χ4v) is 3.56. The van der Waals surface area contributed by atoms with Gasteiger partial charge in [-0.25, -0.2) is 4.99 Å². The van der Waals surface area contributed by atoms with Crippen LogP contribution in [0.25, 0.3) is 10.9 Å². The molecule has 2 aromatic carbocycles. The molecule has 0 saturated carbocycles. The van der Waals surface area contributed by atoms with Gasteiger partial charge in [-0.2, -0.15) is 0 Å². The van der Waals surface area contributed by atoms with Crippen molar-refractivity contribution in [3.8, 4) is 17.2 Å². The summed E-state index contributed by atoms with van der Waals surface area (Å²) in [4.78, 5) is 8.05. The number of aryl methyl sites for hydroxylation is 1. The number of nitrogens with zero attached hydrogens (tertiary/aromatic N) is 1. The van der Waals surface area contributed by atoms with E-state index in [4.69, 9.17) is 19.2 Å². The lowest BCUT2D eigenvalue weighted by Gasteiger charge is -2.14. The Bertz CT molecular complexity index is 988. The number of methoxy groups -OCH3 is 3. The zero-order valence-corrected chi connectivity index (χ0v) is 18.7. The van der Waals surface area contributed by atoms with Crippen LogP contribution in [-0.2, 0) is 13.0 Å². The number of H-pyrrole nitrogens is 1. The van der Waals surface area contributed by atoms with Crippen molar-refractivity contribution in [1.29, 1.82) is 0 Å². The summed E-state index contributed by atoms with van der Waals surface area (Å²) in [7, 11) is 4.83. The predicted molar refractivity (Wildman–Crippen MR) is 126 cm³/mol. The zero-order chi connectivity index (χ0) is 22.1. The van der Waals surface area contributed by atoms with Gasteiger partial charge >= 0.3 is 0 Å². The topological polar surface area (TPSA) is 79.9 Å². The standard InChI is InChI=1S/C24H32N4O3/c1-5-25-24(26-12-8-9-18-16-27-20-11-7-6-10-19(18)20)28-15-17-13-21(29-2)23(31-4)22(14-17)30-3/h6-7,10-11,13-14,16,27H,5,8-9,12,15H2,1-4H3,(H2,25,26,28). The van der Waals surface area contributed by atoms with Crippen molar-refractivity contribution in [3.63, 3.8) is 0 Å². The highest BCUT2D eigenvalue weighted by molar-refractivity contribution is 5.83. The third-order valence-electron chi connectivity index (χ3n) is 5.08. The molecule has 0 fully saturated rings. The normalized spacial score (nSPS) is 11.4. The zero-order valence-electron chi connectivity index (χ0n) is 18.7. The summed E-state index contributed by atoms with van der Waals surface area (Å²) in [6.45, 7) is 4.18. The van der Waals surface area contributed by atoms with E-state index in [1.165, 1.54) is 16.5 Å². The van der Waals surface area contributed by atoms with Crippen molar-refractivity contribution < 1.29 is 14.2 Å². The second-order valence-corrected chi connectivity index (χ2v) is 7.12. The minimum Gasteiger partial charge on any atom is -0.493 e. The third-order valence-corrected chi connectivity index (χ3v) is 5.08. The molecule has 0 atom stereocenters. The molecule has 0 unspecified atom stereocenters. The number of hydrogen-bond donors (Lipinski definition) is 3. The van der Waals surface area contributed by atoms with Crippen LogP contribution in [0.15, 0.2) is 47.6 Å². The van der Waals surface area contributed by atoms with Crippen molar-refractivity contribution >= 4 is 16.9 Å². The van der Waals surface area contributed by atoms with E-state index in [1.54, 1.807) is 21.3 Å². The average Bonchev–Trinajstić information content (AvgIpc) is 3.22. The molecule has 0 aliphatic rings. The number of guanidine groups is 1. The van der Waals surface area contributed by atoms with Crippen molar-refractivity contribution in [2.24, 2.45) is 4.99 Å². The summed E-state index contributed by atoms with van der Waals surface area (Å²) in [6.07, 6.45) is 4.12. The van der Waals surface area contributed by atoms with Gasteiger partial charge in [0.2, 0.25) is 5.75 Å². The Balaban J connectivity index is 1.60. The minimum atomic E-state index is 0.495. The molecule has 0 saturated heterocycles. The summed E-state index contributed by atoms with van der Waals surface area (Å²) < 4.78 is 16.3. The summed E-state index contributed by atoms with van der Waals surface area (Å²) >= 11 is 0. The lowest BCUT2D eigenvalue weighted by molar-refractivity contribution is 0.324. The Morgan fingerprint density at radius 3 is 2.42 bits per heavy atom. The molecule has 0 radical (unpaired) electrons.